The van der Waals surface area contributed by atoms with Crippen molar-refractivity contribution in [3.63, 3.8) is 0 Å². The van der Waals surface area contributed by atoms with Gasteiger partial charge < -0.3 is 0 Å². The standard InChI is InChI=1S/C42H52S2/c1-21-15-22(2)34-18-38-28(8)40(32(12)42(44-14)30(38)10)20-36-24(4)16-23(3)35(26(36)6)19-39-27(7)37(17-33(21)25(34)5)29(9)41(43-13)31(39)11/h15-16H,17-20H2,1-14H3. The third kappa shape index (κ3) is 5.28. The number of thioether (sulfide) groups is 2. The molecule has 44 heavy (non-hydrogen) atoms. The van der Waals surface area contributed by atoms with Gasteiger partial charge in [-0.15, -0.1) is 23.5 Å². The second-order valence-corrected chi connectivity index (χ2v) is 15.3. The van der Waals surface area contributed by atoms with E-state index in [4.69, 9.17) is 0 Å². The molecule has 0 nitrogen and oxygen atoms in total. The monoisotopic (exact) mass is 620 g/mol. The molecule has 232 valence electrons. The Hall–Kier alpha value is -2.42. The van der Waals surface area contributed by atoms with Crippen LogP contribution in [0.4, 0.5) is 0 Å². The normalized spacial score (nSPS) is 13.0. The summed E-state index contributed by atoms with van der Waals surface area (Å²) in [7, 11) is 0. The van der Waals surface area contributed by atoms with Gasteiger partial charge in [0.15, 0.2) is 0 Å². The Labute approximate surface area is 276 Å². The molecule has 0 heterocycles. The van der Waals surface area contributed by atoms with Gasteiger partial charge in [0.25, 0.3) is 0 Å². The van der Waals surface area contributed by atoms with Crippen molar-refractivity contribution in [1.29, 1.82) is 0 Å². The molecule has 0 atom stereocenters. The quantitative estimate of drug-likeness (QED) is 0.180. The van der Waals surface area contributed by atoms with Crippen LogP contribution >= 0.6 is 23.5 Å². The molecule has 0 aromatic heterocycles. The number of benzene rings is 4. The van der Waals surface area contributed by atoms with E-state index in [1.807, 2.05) is 23.5 Å². The molecule has 4 aromatic rings. The molecule has 5 rings (SSSR count). The smallest absolute Gasteiger partial charge is 0.0133 e. The van der Waals surface area contributed by atoms with E-state index in [1.54, 1.807) is 0 Å². The van der Waals surface area contributed by atoms with Gasteiger partial charge in [-0.1, -0.05) is 12.1 Å². The van der Waals surface area contributed by atoms with Crippen LogP contribution in [0, 0.1) is 83.1 Å². The molecular weight excluding hydrogens is 569 g/mol. The van der Waals surface area contributed by atoms with Gasteiger partial charge in [0.05, 0.1) is 0 Å². The first-order valence-electron chi connectivity index (χ1n) is 16.2. The van der Waals surface area contributed by atoms with Crippen LogP contribution in [0.5, 0.6) is 0 Å². The van der Waals surface area contributed by atoms with Gasteiger partial charge in [0, 0.05) is 9.79 Å². The Balaban J connectivity index is 1.93. The maximum atomic E-state index is 2.46. The molecule has 2 heteroatoms. The first-order valence-corrected chi connectivity index (χ1v) is 18.7. The molecule has 0 aliphatic heterocycles. The van der Waals surface area contributed by atoms with Crippen LogP contribution in [-0.2, 0) is 25.7 Å². The highest BCUT2D eigenvalue weighted by molar-refractivity contribution is 7.99. The first kappa shape index (κ1) is 33.0. The lowest BCUT2D eigenvalue weighted by molar-refractivity contribution is 0.947. The number of fused-ring (bicyclic) bond motifs is 8. The summed E-state index contributed by atoms with van der Waals surface area (Å²) < 4.78 is 0. The highest BCUT2D eigenvalue weighted by Gasteiger charge is 2.25. The predicted octanol–water partition coefficient (Wildman–Crippen LogP) is 11.5. The Morgan fingerprint density at radius 2 is 0.523 bits per heavy atom. The van der Waals surface area contributed by atoms with Crippen LogP contribution < -0.4 is 0 Å². The van der Waals surface area contributed by atoms with E-state index in [0.717, 1.165) is 25.7 Å². The molecule has 0 fully saturated rings. The van der Waals surface area contributed by atoms with Crippen LogP contribution in [0.25, 0.3) is 0 Å². The molecule has 1 aliphatic carbocycles. The van der Waals surface area contributed by atoms with Crippen molar-refractivity contribution < 1.29 is 0 Å². The molecule has 0 radical (unpaired) electrons. The van der Waals surface area contributed by atoms with Crippen LogP contribution in [0.1, 0.15) is 111 Å². The highest BCUT2D eigenvalue weighted by Crippen LogP contribution is 2.41. The predicted molar refractivity (Wildman–Crippen MR) is 197 cm³/mol. The van der Waals surface area contributed by atoms with Crippen molar-refractivity contribution in [3.8, 4) is 0 Å². The van der Waals surface area contributed by atoms with Crippen LogP contribution in [0.15, 0.2) is 21.9 Å². The Kier molecular flexibility index (Phi) is 9.29. The fourth-order valence-corrected chi connectivity index (χ4v) is 10.3. The van der Waals surface area contributed by atoms with Crippen LogP contribution in [0.2, 0.25) is 0 Å². The van der Waals surface area contributed by atoms with E-state index in [-0.39, 0.29) is 0 Å². The maximum absolute atomic E-state index is 2.46. The zero-order valence-corrected chi connectivity index (χ0v) is 31.4. The van der Waals surface area contributed by atoms with Crippen LogP contribution in [-0.4, -0.2) is 12.5 Å². The summed E-state index contributed by atoms with van der Waals surface area (Å²) in [6, 6.07) is 4.93. The Bertz CT molecular complexity index is 1580. The zero-order chi connectivity index (χ0) is 32.4. The van der Waals surface area contributed by atoms with Gasteiger partial charge in [-0.05, 0) is 233 Å². The summed E-state index contributed by atoms with van der Waals surface area (Å²) in [6.45, 7) is 28.4. The van der Waals surface area contributed by atoms with Gasteiger partial charge in [-0.2, -0.15) is 0 Å². The van der Waals surface area contributed by atoms with Gasteiger partial charge in [0.2, 0.25) is 0 Å². The Morgan fingerprint density at radius 1 is 0.318 bits per heavy atom. The van der Waals surface area contributed by atoms with Crippen molar-refractivity contribution in [2.45, 2.75) is 119 Å². The molecule has 0 N–H and O–H groups in total. The SMILES string of the molecule is CSc1c(C)c2c(C)c(c1C)Cc1c(C)cc(C)c(c1C)Cc1c(C)c(c(C)c(SC)c1C)Cc1c(C)cc(C)c(c1C)C2. The molecule has 0 amide bonds. The van der Waals surface area contributed by atoms with Crippen molar-refractivity contribution in [2.24, 2.45) is 0 Å². The van der Waals surface area contributed by atoms with Gasteiger partial charge >= 0.3 is 0 Å². The summed E-state index contributed by atoms with van der Waals surface area (Å²) >= 11 is 3.85. The van der Waals surface area contributed by atoms with E-state index in [9.17, 15) is 0 Å². The van der Waals surface area contributed by atoms with Crippen molar-refractivity contribution >= 4 is 23.5 Å². The summed E-state index contributed by atoms with van der Waals surface area (Å²) in [5.41, 5.74) is 29.7. The molecular formula is C42H52S2. The van der Waals surface area contributed by atoms with Crippen molar-refractivity contribution in [1.82, 2.24) is 0 Å². The summed E-state index contributed by atoms with van der Waals surface area (Å²) in [5, 5.41) is 0. The lowest BCUT2D eigenvalue weighted by Gasteiger charge is -2.27. The molecule has 1 aliphatic rings. The molecule has 8 bridgehead atoms. The van der Waals surface area contributed by atoms with E-state index < -0.39 is 0 Å². The summed E-state index contributed by atoms with van der Waals surface area (Å²) in [4.78, 5) is 2.93. The minimum absolute atomic E-state index is 0.994. The molecule has 0 saturated heterocycles. The first-order chi connectivity index (χ1) is 20.7. The lowest BCUT2D eigenvalue weighted by atomic mass is 9.79. The van der Waals surface area contributed by atoms with E-state index in [0.29, 0.717) is 0 Å². The fourth-order valence-electron chi connectivity index (χ4n) is 8.61. The number of rotatable bonds is 2. The van der Waals surface area contributed by atoms with E-state index in [2.05, 4.69) is 108 Å². The van der Waals surface area contributed by atoms with Gasteiger partial charge in [0.1, 0.15) is 0 Å². The summed E-state index contributed by atoms with van der Waals surface area (Å²) in [5.74, 6) is 0. The highest BCUT2D eigenvalue weighted by atomic mass is 32.2. The Morgan fingerprint density at radius 3 is 0.727 bits per heavy atom. The van der Waals surface area contributed by atoms with Crippen molar-refractivity contribution in [3.05, 3.63) is 123 Å². The van der Waals surface area contributed by atoms with E-state index in [1.165, 1.54) is 121 Å². The molecule has 4 aromatic carbocycles. The average molecular weight is 621 g/mol. The third-order valence-corrected chi connectivity index (χ3v) is 13.4. The third-order valence-electron chi connectivity index (χ3n) is 11.4. The van der Waals surface area contributed by atoms with E-state index >= 15 is 0 Å². The van der Waals surface area contributed by atoms with Crippen molar-refractivity contribution in [2.75, 3.05) is 12.5 Å². The topological polar surface area (TPSA) is 0 Å². The van der Waals surface area contributed by atoms with Gasteiger partial charge in [-0.3, -0.25) is 0 Å². The molecule has 0 saturated carbocycles. The largest absolute Gasteiger partial charge is 0.129 e. The lowest BCUT2D eigenvalue weighted by Crippen LogP contribution is -2.13. The number of hydrogen-bond donors (Lipinski definition) is 0. The molecule has 0 spiro atoms. The second-order valence-electron chi connectivity index (χ2n) is 13.6. The summed E-state index contributed by atoms with van der Waals surface area (Å²) in [6.07, 6.45) is 8.49. The number of aryl methyl sites for hydroxylation is 4. The minimum atomic E-state index is 0.994. The second kappa shape index (κ2) is 12.4. The average Bonchev–Trinajstić information content (AvgIpc) is 2.95. The van der Waals surface area contributed by atoms with Crippen LogP contribution in [0.3, 0.4) is 0 Å². The molecule has 0 unspecified atom stereocenters. The fraction of sp³-hybridized carbons (Fsp3) is 0.429. The number of hydrogen-bond acceptors (Lipinski definition) is 2. The minimum Gasteiger partial charge on any atom is -0.129 e. The zero-order valence-electron chi connectivity index (χ0n) is 29.8. The maximum Gasteiger partial charge on any atom is 0.0133 e. The van der Waals surface area contributed by atoms with Gasteiger partial charge in [-0.25, -0.2) is 0 Å².